The van der Waals surface area contributed by atoms with E-state index >= 15 is 0 Å². The quantitative estimate of drug-likeness (QED) is 0.535. The molecule has 0 aromatic rings. The molecule has 0 aromatic carbocycles. The molecule has 0 bridgehead atoms. The number of hydrogen-bond donors (Lipinski definition) is 0. The van der Waals surface area contributed by atoms with E-state index in [1.165, 1.54) is 4.90 Å². The molecule has 58 valence electrons. The third-order valence-electron chi connectivity index (χ3n) is 1.06. The van der Waals surface area contributed by atoms with Crippen LogP contribution in [0, 0.1) is 0 Å². The predicted octanol–water partition coefficient (Wildman–Crippen LogP) is 0.274. The van der Waals surface area contributed by atoms with Crippen LogP contribution in [0.3, 0.4) is 0 Å². The van der Waals surface area contributed by atoms with Crippen molar-refractivity contribution in [1.29, 1.82) is 0 Å². The second-order valence-electron chi connectivity index (χ2n) is 1.76. The van der Waals surface area contributed by atoms with Gasteiger partial charge in [0.05, 0.1) is 0 Å². The Labute approximate surface area is 59.8 Å². The summed E-state index contributed by atoms with van der Waals surface area (Å²) in [5.41, 5.74) is 0. The van der Waals surface area contributed by atoms with Gasteiger partial charge in [-0.15, -0.1) is 0 Å². The van der Waals surface area contributed by atoms with Crippen LogP contribution in [0.25, 0.3) is 0 Å². The first kappa shape index (κ1) is 8.94. The molecule has 0 aliphatic rings. The topological polar surface area (TPSA) is 46.6 Å². The molecule has 0 atom stereocenters. The van der Waals surface area contributed by atoms with Crippen molar-refractivity contribution >= 4 is 12.4 Å². The van der Waals surface area contributed by atoms with Gasteiger partial charge in [0.1, 0.15) is 6.61 Å². The lowest BCUT2D eigenvalue weighted by atomic mass is 10.7. The van der Waals surface area contributed by atoms with Gasteiger partial charge in [-0.05, 0) is 6.92 Å². The van der Waals surface area contributed by atoms with Crippen molar-refractivity contribution in [2.45, 2.75) is 6.92 Å². The number of carbonyl (C=O) groups excluding carboxylic acids is 2. The van der Waals surface area contributed by atoms with Gasteiger partial charge in [0.15, 0.2) is 6.29 Å². The fraction of sp³-hybridized carbons (Fsp3) is 0.667. The molecule has 0 aliphatic carbocycles. The second kappa shape index (κ2) is 4.78. The van der Waals surface area contributed by atoms with E-state index in [0.29, 0.717) is 12.8 Å². The summed E-state index contributed by atoms with van der Waals surface area (Å²) in [6.07, 6.45) is 0.0797. The Hall–Kier alpha value is -1.06. The highest BCUT2D eigenvalue weighted by atomic mass is 16.6. The van der Waals surface area contributed by atoms with Crippen LogP contribution in [0.5, 0.6) is 0 Å². The van der Waals surface area contributed by atoms with E-state index in [4.69, 9.17) is 0 Å². The SMILES string of the molecule is CCN(C)C(=O)OCC=O. The van der Waals surface area contributed by atoms with Gasteiger partial charge in [-0.2, -0.15) is 0 Å². The zero-order chi connectivity index (χ0) is 7.98. The summed E-state index contributed by atoms with van der Waals surface area (Å²) in [4.78, 5) is 21.8. The fourth-order valence-corrected chi connectivity index (χ4v) is 0.345. The molecule has 0 unspecified atom stereocenters. The van der Waals surface area contributed by atoms with Crippen LogP contribution in [0.1, 0.15) is 6.92 Å². The Morgan fingerprint density at radius 1 is 1.70 bits per heavy atom. The number of nitrogens with zero attached hydrogens (tertiary/aromatic N) is 1. The first-order valence-corrected chi connectivity index (χ1v) is 3.04. The molecule has 0 N–H and O–H groups in total. The van der Waals surface area contributed by atoms with Crippen LogP contribution in [0.2, 0.25) is 0 Å². The van der Waals surface area contributed by atoms with Crippen LogP contribution >= 0.6 is 0 Å². The maximum Gasteiger partial charge on any atom is 0.409 e. The molecule has 4 nitrogen and oxygen atoms in total. The maximum absolute atomic E-state index is 10.7. The van der Waals surface area contributed by atoms with Gasteiger partial charge in [0.25, 0.3) is 0 Å². The molecular formula is C6H11NO3. The lowest BCUT2D eigenvalue weighted by Gasteiger charge is -2.12. The minimum atomic E-state index is -0.463. The molecule has 0 rings (SSSR count). The Balaban J connectivity index is 3.51. The Kier molecular flexibility index (Phi) is 4.28. The van der Waals surface area contributed by atoms with Gasteiger partial charge in [0, 0.05) is 13.6 Å². The molecule has 10 heavy (non-hydrogen) atoms. The van der Waals surface area contributed by atoms with E-state index in [0.717, 1.165) is 0 Å². The monoisotopic (exact) mass is 145 g/mol. The molecule has 0 fully saturated rings. The number of ether oxygens (including phenoxy) is 1. The van der Waals surface area contributed by atoms with Gasteiger partial charge < -0.3 is 9.64 Å². The van der Waals surface area contributed by atoms with E-state index in [1.807, 2.05) is 6.92 Å². The largest absolute Gasteiger partial charge is 0.442 e. The van der Waals surface area contributed by atoms with Gasteiger partial charge >= 0.3 is 6.09 Å². The lowest BCUT2D eigenvalue weighted by molar-refractivity contribution is -0.110. The Morgan fingerprint density at radius 2 is 2.30 bits per heavy atom. The standard InChI is InChI=1S/C6H11NO3/c1-3-7(2)6(9)10-5-4-8/h4H,3,5H2,1-2H3. The fourth-order valence-electron chi connectivity index (χ4n) is 0.345. The van der Waals surface area contributed by atoms with Crippen LogP contribution < -0.4 is 0 Å². The summed E-state index contributed by atoms with van der Waals surface area (Å²) < 4.78 is 4.46. The highest BCUT2D eigenvalue weighted by Gasteiger charge is 2.05. The van der Waals surface area contributed by atoms with Crippen molar-refractivity contribution in [3.05, 3.63) is 0 Å². The third kappa shape index (κ3) is 3.06. The average Bonchev–Trinajstić information content (AvgIpc) is 1.98. The predicted molar refractivity (Wildman–Crippen MR) is 35.7 cm³/mol. The highest BCUT2D eigenvalue weighted by Crippen LogP contribution is 1.86. The molecule has 0 spiro atoms. The van der Waals surface area contributed by atoms with Crippen LogP contribution in [-0.4, -0.2) is 37.5 Å². The molecule has 4 heteroatoms. The van der Waals surface area contributed by atoms with Crippen molar-refractivity contribution in [3.8, 4) is 0 Å². The number of carbonyl (C=O) groups is 2. The highest BCUT2D eigenvalue weighted by molar-refractivity contribution is 5.69. The van der Waals surface area contributed by atoms with Gasteiger partial charge in [-0.1, -0.05) is 0 Å². The average molecular weight is 145 g/mol. The van der Waals surface area contributed by atoms with E-state index in [1.54, 1.807) is 7.05 Å². The number of rotatable bonds is 3. The first-order valence-electron chi connectivity index (χ1n) is 3.04. The van der Waals surface area contributed by atoms with Gasteiger partial charge in [-0.25, -0.2) is 4.79 Å². The summed E-state index contributed by atoms with van der Waals surface area (Å²) in [6, 6.07) is 0. The number of hydrogen-bond acceptors (Lipinski definition) is 3. The summed E-state index contributed by atoms with van der Waals surface area (Å²) in [5, 5.41) is 0. The second-order valence-corrected chi connectivity index (χ2v) is 1.76. The van der Waals surface area contributed by atoms with Crippen molar-refractivity contribution < 1.29 is 14.3 Å². The molecule has 0 aliphatic heterocycles. The van der Waals surface area contributed by atoms with E-state index < -0.39 is 6.09 Å². The molecule has 0 aromatic heterocycles. The minimum Gasteiger partial charge on any atom is -0.442 e. The Bertz CT molecular complexity index is 124. The summed E-state index contributed by atoms with van der Waals surface area (Å²) in [7, 11) is 1.60. The first-order chi connectivity index (χ1) is 4.72. The maximum atomic E-state index is 10.7. The van der Waals surface area contributed by atoms with Crippen molar-refractivity contribution in [3.63, 3.8) is 0 Å². The summed E-state index contributed by atoms with van der Waals surface area (Å²) in [5.74, 6) is 0. The normalized spacial score (nSPS) is 8.60. The van der Waals surface area contributed by atoms with E-state index in [9.17, 15) is 9.59 Å². The zero-order valence-electron chi connectivity index (χ0n) is 6.16. The van der Waals surface area contributed by atoms with E-state index in [2.05, 4.69) is 4.74 Å². The van der Waals surface area contributed by atoms with Crippen molar-refractivity contribution in [1.82, 2.24) is 4.90 Å². The smallest absolute Gasteiger partial charge is 0.409 e. The molecule has 0 saturated heterocycles. The van der Waals surface area contributed by atoms with Gasteiger partial charge in [-0.3, -0.25) is 4.79 Å². The van der Waals surface area contributed by atoms with Gasteiger partial charge in [0.2, 0.25) is 0 Å². The minimum absolute atomic E-state index is 0.164. The van der Waals surface area contributed by atoms with Crippen LogP contribution in [0.15, 0.2) is 0 Å². The third-order valence-corrected chi connectivity index (χ3v) is 1.06. The zero-order valence-corrected chi connectivity index (χ0v) is 6.16. The van der Waals surface area contributed by atoms with Crippen molar-refractivity contribution in [2.24, 2.45) is 0 Å². The summed E-state index contributed by atoms with van der Waals surface area (Å²) >= 11 is 0. The molecule has 1 amide bonds. The molecular weight excluding hydrogens is 134 g/mol. The molecule has 0 saturated carbocycles. The van der Waals surface area contributed by atoms with Crippen molar-refractivity contribution in [2.75, 3.05) is 20.2 Å². The summed E-state index contributed by atoms with van der Waals surface area (Å²) in [6.45, 7) is 2.24. The van der Waals surface area contributed by atoms with E-state index in [-0.39, 0.29) is 6.61 Å². The van der Waals surface area contributed by atoms with Crippen LogP contribution in [-0.2, 0) is 9.53 Å². The molecule has 0 radical (unpaired) electrons. The molecule has 0 heterocycles. The Morgan fingerprint density at radius 3 is 2.70 bits per heavy atom. The number of aldehydes is 1. The number of amides is 1. The lowest BCUT2D eigenvalue weighted by Crippen LogP contribution is -2.27. The van der Waals surface area contributed by atoms with Crippen LogP contribution in [0.4, 0.5) is 4.79 Å².